The Morgan fingerprint density at radius 2 is 1.86 bits per heavy atom. The Kier molecular flexibility index (Phi) is 7.02. The summed E-state index contributed by atoms with van der Waals surface area (Å²) in [5.41, 5.74) is 1.23. The zero-order chi connectivity index (χ0) is 20.9. The van der Waals surface area contributed by atoms with E-state index in [0.717, 1.165) is 0 Å². The predicted molar refractivity (Wildman–Crippen MR) is 110 cm³/mol. The van der Waals surface area contributed by atoms with Crippen molar-refractivity contribution in [3.8, 4) is 6.07 Å². The van der Waals surface area contributed by atoms with Crippen molar-refractivity contribution in [1.29, 1.82) is 5.26 Å². The second-order valence-corrected chi connectivity index (χ2v) is 8.78. The van der Waals surface area contributed by atoms with Gasteiger partial charge in [0.25, 0.3) is 0 Å². The summed E-state index contributed by atoms with van der Waals surface area (Å²) in [6.07, 6.45) is 0. The van der Waals surface area contributed by atoms with Gasteiger partial charge in [-0.3, -0.25) is 4.79 Å². The molecule has 0 unspecified atom stereocenters. The number of rotatable bonds is 7. The normalized spacial score (nSPS) is 11.3. The van der Waals surface area contributed by atoms with Crippen LogP contribution in [-0.4, -0.2) is 38.3 Å². The van der Waals surface area contributed by atoms with Gasteiger partial charge in [-0.25, -0.2) is 8.42 Å². The predicted octanol–water partition coefficient (Wildman–Crippen LogP) is 3.29. The van der Waals surface area contributed by atoms with Gasteiger partial charge in [0, 0.05) is 23.8 Å². The molecule has 0 saturated heterocycles. The number of nitrogens with zero attached hydrogens (tertiary/aromatic N) is 2. The minimum absolute atomic E-state index is 0.0601. The van der Waals surface area contributed by atoms with Crippen LogP contribution in [0.2, 0.25) is 5.02 Å². The number of halogens is 1. The van der Waals surface area contributed by atoms with Crippen molar-refractivity contribution in [2.75, 3.05) is 24.2 Å². The van der Waals surface area contributed by atoms with Gasteiger partial charge in [-0.15, -0.1) is 0 Å². The Morgan fingerprint density at radius 1 is 1.21 bits per heavy atom. The molecule has 0 atom stereocenters. The summed E-state index contributed by atoms with van der Waals surface area (Å²) >= 11 is 5.89. The molecule has 2 aromatic carbocycles. The van der Waals surface area contributed by atoms with Crippen molar-refractivity contribution in [2.24, 2.45) is 0 Å². The Bertz CT molecular complexity index is 999. The lowest BCUT2D eigenvalue weighted by Crippen LogP contribution is -2.33. The Labute approximate surface area is 170 Å². The standard InChI is InChI=1S/C19H21ClN4O3S/c1-13(2)24(3)28(26,27)17-8-6-16(7-9-17)22-12-19(25)23-18-10-15(20)5-4-14(18)11-21/h4-10,13,22H,12H2,1-3H3,(H,23,25). The van der Waals surface area contributed by atoms with E-state index in [9.17, 15) is 13.2 Å². The highest BCUT2D eigenvalue weighted by atomic mass is 35.5. The van der Waals surface area contributed by atoms with Crippen molar-refractivity contribution >= 4 is 38.9 Å². The third kappa shape index (κ3) is 5.23. The number of nitriles is 1. The second-order valence-electron chi connectivity index (χ2n) is 6.34. The van der Waals surface area contributed by atoms with Gasteiger partial charge < -0.3 is 10.6 Å². The van der Waals surface area contributed by atoms with Gasteiger partial charge in [0.15, 0.2) is 0 Å². The first kappa shape index (κ1) is 21.7. The first-order chi connectivity index (χ1) is 13.1. The number of carbonyl (C=O) groups is 1. The molecule has 0 heterocycles. The molecule has 0 spiro atoms. The summed E-state index contributed by atoms with van der Waals surface area (Å²) in [7, 11) is -2.03. The number of hydrogen-bond donors (Lipinski definition) is 2. The third-order valence-corrected chi connectivity index (χ3v) is 6.37. The molecule has 28 heavy (non-hydrogen) atoms. The van der Waals surface area contributed by atoms with Crippen molar-refractivity contribution in [3.05, 3.63) is 53.1 Å². The highest BCUT2D eigenvalue weighted by molar-refractivity contribution is 7.89. The molecule has 2 rings (SSSR count). The largest absolute Gasteiger partial charge is 0.376 e. The van der Waals surface area contributed by atoms with Crippen molar-refractivity contribution in [3.63, 3.8) is 0 Å². The van der Waals surface area contributed by atoms with Gasteiger partial charge in [0.1, 0.15) is 6.07 Å². The summed E-state index contributed by atoms with van der Waals surface area (Å²) in [5.74, 6) is -0.366. The molecule has 0 aromatic heterocycles. The molecular weight excluding hydrogens is 400 g/mol. The van der Waals surface area contributed by atoms with Gasteiger partial charge >= 0.3 is 0 Å². The fourth-order valence-electron chi connectivity index (χ4n) is 2.28. The van der Waals surface area contributed by atoms with Crippen LogP contribution in [0.5, 0.6) is 0 Å². The molecule has 7 nitrogen and oxygen atoms in total. The third-order valence-electron chi connectivity index (χ3n) is 4.09. The van der Waals surface area contributed by atoms with E-state index >= 15 is 0 Å². The highest BCUT2D eigenvalue weighted by Gasteiger charge is 2.22. The van der Waals surface area contributed by atoms with E-state index in [1.54, 1.807) is 32.0 Å². The molecule has 0 aliphatic rings. The van der Waals surface area contributed by atoms with Crippen molar-refractivity contribution in [1.82, 2.24) is 4.31 Å². The number of amides is 1. The number of carbonyl (C=O) groups excluding carboxylic acids is 1. The minimum Gasteiger partial charge on any atom is -0.376 e. The topological polar surface area (TPSA) is 102 Å². The van der Waals surface area contributed by atoms with Crippen LogP contribution in [0, 0.1) is 11.3 Å². The molecule has 0 aliphatic heterocycles. The summed E-state index contributed by atoms with van der Waals surface area (Å²) in [6.45, 7) is 3.53. The Morgan fingerprint density at radius 3 is 2.43 bits per heavy atom. The van der Waals surface area contributed by atoms with Crippen molar-refractivity contribution in [2.45, 2.75) is 24.8 Å². The Hall–Kier alpha value is -2.60. The van der Waals surface area contributed by atoms with Gasteiger partial charge in [-0.05, 0) is 56.3 Å². The molecule has 9 heteroatoms. The van der Waals surface area contributed by atoms with Crippen LogP contribution in [0.3, 0.4) is 0 Å². The van der Waals surface area contributed by atoms with Crippen LogP contribution in [0.1, 0.15) is 19.4 Å². The lowest BCUT2D eigenvalue weighted by atomic mass is 10.2. The van der Waals surface area contributed by atoms with Crippen LogP contribution < -0.4 is 10.6 Å². The van der Waals surface area contributed by atoms with E-state index in [1.165, 1.54) is 35.6 Å². The maximum absolute atomic E-state index is 12.4. The van der Waals surface area contributed by atoms with Crippen LogP contribution in [0.4, 0.5) is 11.4 Å². The van der Waals surface area contributed by atoms with E-state index in [0.29, 0.717) is 22.0 Å². The zero-order valence-electron chi connectivity index (χ0n) is 15.7. The number of hydrogen-bond acceptors (Lipinski definition) is 5. The van der Waals surface area contributed by atoms with Crippen LogP contribution in [-0.2, 0) is 14.8 Å². The van der Waals surface area contributed by atoms with E-state index in [-0.39, 0.29) is 23.4 Å². The number of nitrogens with one attached hydrogen (secondary N) is 2. The zero-order valence-corrected chi connectivity index (χ0v) is 17.3. The highest BCUT2D eigenvalue weighted by Crippen LogP contribution is 2.21. The van der Waals surface area contributed by atoms with Crippen LogP contribution in [0.15, 0.2) is 47.4 Å². The van der Waals surface area contributed by atoms with Gasteiger partial charge in [-0.1, -0.05) is 11.6 Å². The lowest BCUT2D eigenvalue weighted by molar-refractivity contribution is -0.114. The summed E-state index contributed by atoms with van der Waals surface area (Å²) < 4.78 is 26.2. The van der Waals surface area contributed by atoms with Crippen LogP contribution in [0.25, 0.3) is 0 Å². The van der Waals surface area contributed by atoms with Gasteiger partial charge in [-0.2, -0.15) is 9.57 Å². The lowest BCUT2D eigenvalue weighted by Gasteiger charge is -2.21. The second kappa shape index (κ2) is 9.06. The molecule has 1 amide bonds. The fourth-order valence-corrected chi connectivity index (χ4v) is 3.82. The molecule has 2 aromatic rings. The summed E-state index contributed by atoms with van der Waals surface area (Å²) in [6, 6.07) is 12.6. The van der Waals surface area contributed by atoms with Crippen molar-refractivity contribution < 1.29 is 13.2 Å². The Balaban J connectivity index is 2.01. The number of sulfonamides is 1. The first-order valence-corrected chi connectivity index (χ1v) is 10.3. The molecular formula is C19H21ClN4O3S. The summed E-state index contributed by atoms with van der Waals surface area (Å²) in [5, 5.41) is 15.0. The average Bonchev–Trinajstić information content (AvgIpc) is 2.66. The molecule has 0 saturated carbocycles. The molecule has 0 aliphatic carbocycles. The maximum atomic E-state index is 12.4. The molecule has 2 N–H and O–H groups in total. The maximum Gasteiger partial charge on any atom is 0.243 e. The van der Waals surface area contributed by atoms with E-state index in [2.05, 4.69) is 10.6 Å². The molecule has 148 valence electrons. The monoisotopic (exact) mass is 420 g/mol. The smallest absolute Gasteiger partial charge is 0.243 e. The van der Waals surface area contributed by atoms with Gasteiger partial charge in [0.05, 0.1) is 22.7 Å². The van der Waals surface area contributed by atoms with Crippen LogP contribution >= 0.6 is 11.6 Å². The minimum atomic E-state index is -3.56. The van der Waals surface area contributed by atoms with E-state index in [1.807, 2.05) is 6.07 Å². The molecule has 0 radical (unpaired) electrons. The first-order valence-electron chi connectivity index (χ1n) is 8.46. The summed E-state index contributed by atoms with van der Waals surface area (Å²) in [4.78, 5) is 12.3. The quantitative estimate of drug-likeness (QED) is 0.715. The average molecular weight is 421 g/mol. The van der Waals surface area contributed by atoms with E-state index in [4.69, 9.17) is 16.9 Å². The molecule has 0 bridgehead atoms. The number of anilines is 2. The molecule has 0 fully saturated rings. The van der Waals surface area contributed by atoms with E-state index < -0.39 is 10.0 Å². The van der Waals surface area contributed by atoms with Gasteiger partial charge in [0.2, 0.25) is 15.9 Å². The fraction of sp³-hybridized carbons (Fsp3) is 0.263. The number of benzene rings is 2. The SMILES string of the molecule is CC(C)N(C)S(=O)(=O)c1ccc(NCC(=O)Nc2cc(Cl)ccc2C#N)cc1.